The fourth-order valence-corrected chi connectivity index (χ4v) is 7.44. The van der Waals surface area contributed by atoms with Crippen LogP contribution in [0.15, 0.2) is 60.7 Å². The van der Waals surface area contributed by atoms with Gasteiger partial charge in [-0.15, -0.1) is 6.58 Å². The Morgan fingerprint density at radius 2 is 0.921 bits per heavy atom. The summed E-state index contributed by atoms with van der Waals surface area (Å²) in [7, 11) is 0. The van der Waals surface area contributed by atoms with Gasteiger partial charge in [-0.3, -0.25) is 0 Å². The highest BCUT2D eigenvalue weighted by Gasteiger charge is 2.35. The van der Waals surface area contributed by atoms with Crippen molar-refractivity contribution in [1.82, 2.24) is 0 Å². The molecular weight excluding hydrogens is 456 g/mol. The Bertz CT molecular complexity index is 1010. The lowest BCUT2D eigenvalue weighted by molar-refractivity contribution is 0.159. The van der Waals surface area contributed by atoms with E-state index in [0.717, 1.165) is 6.42 Å². The zero-order chi connectivity index (χ0) is 28.9. The molecule has 0 aliphatic rings. The molecule has 0 saturated heterocycles. The summed E-state index contributed by atoms with van der Waals surface area (Å²) in [6.07, 6.45) is 7.17. The van der Waals surface area contributed by atoms with E-state index in [1.165, 1.54) is 59.9 Å². The predicted molar refractivity (Wildman–Crippen MR) is 171 cm³/mol. The van der Waals surface area contributed by atoms with Crippen molar-refractivity contribution in [2.45, 2.75) is 133 Å². The first-order valence-corrected chi connectivity index (χ1v) is 15.0. The maximum absolute atomic E-state index is 4.24. The number of hydrogen-bond acceptors (Lipinski definition) is 0. The van der Waals surface area contributed by atoms with Gasteiger partial charge in [0.05, 0.1) is 0 Å². The molecule has 0 saturated carbocycles. The van der Waals surface area contributed by atoms with Crippen LogP contribution in [0.1, 0.15) is 142 Å². The van der Waals surface area contributed by atoms with Crippen LogP contribution < -0.4 is 0 Å². The molecule has 0 aromatic heterocycles. The van der Waals surface area contributed by atoms with Crippen molar-refractivity contribution in [2.75, 3.05) is 0 Å². The van der Waals surface area contributed by atoms with Crippen LogP contribution in [0.3, 0.4) is 0 Å². The van der Waals surface area contributed by atoms with Crippen molar-refractivity contribution in [3.63, 3.8) is 0 Å². The molecule has 0 fully saturated rings. The number of rotatable bonds is 13. The van der Waals surface area contributed by atoms with E-state index >= 15 is 0 Å². The van der Waals surface area contributed by atoms with Crippen molar-refractivity contribution in [2.24, 2.45) is 21.7 Å². The van der Waals surface area contributed by atoms with Gasteiger partial charge in [-0.2, -0.15) is 0 Å². The number of allylic oxidation sites excluding steroid dienone is 1. The van der Waals surface area contributed by atoms with Crippen LogP contribution in [-0.4, -0.2) is 0 Å². The normalized spacial score (nSPS) is 14.8. The zero-order valence-corrected chi connectivity index (χ0v) is 27.2. The monoisotopic (exact) mass is 516 g/mol. The van der Waals surface area contributed by atoms with Gasteiger partial charge in [-0.25, -0.2) is 0 Å². The smallest absolute Gasteiger partial charge is 0.0152 e. The lowest BCUT2D eigenvalue weighted by Crippen LogP contribution is -2.27. The Balaban J connectivity index is 2.38. The molecule has 2 aromatic rings. The molecule has 0 N–H and O–H groups in total. The van der Waals surface area contributed by atoms with Crippen LogP contribution >= 0.6 is 0 Å². The summed E-state index contributed by atoms with van der Waals surface area (Å²) >= 11 is 0. The van der Waals surface area contributed by atoms with Gasteiger partial charge >= 0.3 is 0 Å². The van der Waals surface area contributed by atoms with Gasteiger partial charge in [0.2, 0.25) is 0 Å². The van der Waals surface area contributed by atoms with Gasteiger partial charge in [-0.1, -0.05) is 128 Å². The highest BCUT2D eigenvalue weighted by molar-refractivity contribution is 5.27. The second-order valence-corrected chi connectivity index (χ2v) is 16.4. The second kappa shape index (κ2) is 12.6. The van der Waals surface area contributed by atoms with Crippen LogP contribution in [0.2, 0.25) is 0 Å². The molecule has 2 aromatic carbocycles. The third-order valence-electron chi connectivity index (χ3n) is 8.08. The van der Waals surface area contributed by atoms with Gasteiger partial charge in [0.1, 0.15) is 0 Å². The third-order valence-corrected chi connectivity index (χ3v) is 8.08. The highest BCUT2D eigenvalue weighted by Crippen LogP contribution is 2.48. The largest absolute Gasteiger partial charge is 0.100 e. The quantitative estimate of drug-likeness (QED) is 0.232. The topological polar surface area (TPSA) is 0 Å². The van der Waals surface area contributed by atoms with Crippen LogP contribution in [-0.2, 0) is 0 Å². The SMILES string of the molecule is C=C(C)CC(C)(C)CC(CC(C)(C)CC(CC(C)(C)CC(C)(C)C)c1ccc(C)cc1)c1ccc(C)cc1. The number of hydrogen-bond donors (Lipinski definition) is 0. The van der Waals surface area contributed by atoms with E-state index in [1.807, 2.05) is 0 Å². The average molecular weight is 517 g/mol. The van der Waals surface area contributed by atoms with E-state index in [0.29, 0.717) is 22.7 Å². The molecule has 0 heterocycles. The van der Waals surface area contributed by atoms with E-state index in [1.54, 1.807) is 0 Å². The first-order valence-electron chi connectivity index (χ1n) is 15.0. The Kier molecular flexibility index (Phi) is 10.7. The molecule has 2 atom stereocenters. The Labute approximate surface area is 237 Å². The molecule has 0 spiro atoms. The van der Waals surface area contributed by atoms with Crippen molar-refractivity contribution < 1.29 is 0 Å². The minimum Gasteiger partial charge on any atom is -0.100 e. The molecule has 0 heteroatoms. The fourth-order valence-electron chi connectivity index (χ4n) is 7.44. The predicted octanol–water partition coefficient (Wildman–Crippen LogP) is 12.2. The summed E-state index contributed by atoms with van der Waals surface area (Å²) in [6.45, 7) is 32.9. The first kappa shape index (κ1) is 32.4. The van der Waals surface area contributed by atoms with E-state index in [4.69, 9.17) is 0 Å². The van der Waals surface area contributed by atoms with E-state index in [9.17, 15) is 0 Å². The average Bonchev–Trinajstić information content (AvgIpc) is 2.70. The Morgan fingerprint density at radius 3 is 1.26 bits per heavy atom. The van der Waals surface area contributed by atoms with Crippen molar-refractivity contribution in [1.29, 1.82) is 0 Å². The van der Waals surface area contributed by atoms with Gasteiger partial charge in [0.15, 0.2) is 0 Å². The van der Waals surface area contributed by atoms with Gasteiger partial charge < -0.3 is 0 Å². The van der Waals surface area contributed by atoms with Crippen molar-refractivity contribution >= 4 is 0 Å². The van der Waals surface area contributed by atoms with Gasteiger partial charge in [0, 0.05) is 0 Å². The molecule has 0 amide bonds. The fraction of sp³-hybridized carbons (Fsp3) is 0.632. The molecule has 0 aliphatic heterocycles. The summed E-state index contributed by atoms with van der Waals surface area (Å²) in [5.41, 5.74) is 8.08. The summed E-state index contributed by atoms with van der Waals surface area (Å²) in [4.78, 5) is 0. The number of benzene rings is 2. The molecule has 212 valence electrons. The molecule has 0 nitrogen and oxygen atoms in total. The van der Waals surface area contributed by atoms with Crippen molar-refractivity contribution in [3.05, 3.63) is 82.9 Å². The third kappa shape index (κ3) is 11.5. The minimum atomic E-state index is 0.224. The van der Waals surface area contributed by atoms with Crippen molar-refractivity contribution in [3.8, 4) is 0 Å². The molecule has 0 radical (unpaired) electrons. The van der Waals surface area contributed by atoms with Crippen LogP contribution in [0.5, 0.6) is 0 Å². The summed E-state index contributed by atoms with van der Waals surface area (Å²) < 4.78 is 0. The Morgan fingerprint density at radius 1 is 0.579 bits per heavy atom. The Hall–Kier alpha value is -1.82. The maximum Gasteiger partial charge on any atom is -0.0152 e. The van der Waals surface area contributed by atoms with Crippen LogP contribution in [0.25, 0.3) is 0 Å². The lowest BCUT2D eigenvalue weighted by Gasteiger charge is -2.40. The first-order chi connectivity index (χ1) is 17.3. The van der Waals surface area contributed by atoms with E-state index in [-0.39, 0.29) is 10.8 Å². The lowest BCUT2D eigenvalue weighted by atomic mass is 9.65. The van der Waals surface area contributed by atoms with Gasteiger partial charge in [-0.05, 0) is 104 Å². The van der Waals surface area contributed by atoms with Gasteiger partial charge in [0.25, 0.3) is 0 Å². The summed E-state index contributed by atoms with van der Waals surface area (Å²) in [5.74, 6) is 1.10. The molecule has 0 bridgehead atoms. The minimum absolute atomic E-state index is 0.224. The molecule has 2 unspecified atom stereocenters. The zero-order valence-electron chi connectivity index (χ0n) is 27.2. The van der Waals surface area contributed by atoms with Crippen LogP contribution in [0.4, 0.5) is 0 Å². The summed E-state index contributed by atoms with van der Waals surface area (Å²) in [5, 5.41) is 0. The standard InChI is InChI=1S/C38H60/c1-28(2)22-36(8,9)23-33(31-18-14-29(3)15-19-31)24-37(10,11)25-34(32-20-16-30(4)17-21-32)26-38(12,13)27-35(5,6)7/h14-21,33-34H,1,22-27H2,2-13H3. The van der Waals surface area contributed by atoms with E-state index in [2.05, 4.69) is 138 Å². The molecule has 0 aliphatic carbocycles. The maximum atomic E-state index is 4.24. The van der Waals surface area contributed by atoms with Crippen LogP contribution in [0, 0.1) is 35.5 Å². The number of aryl methyl sites for hydroxylation is 2. The molecule has 38 heavy (non-hydrogen) atoms. The van der Waals surface area contributed by atoms with E-state index < -0.39 is 0 Å². The summed E-state index contributed by atoms with van der Waals surface area (Å²) in [6, 6.07) is 18.8. The molecular formula is C38H60. The highest BCUT2D eigenvalue weighted by atomic mass is 14.4. The second-order valence-electron chi connectivity index (χ2n) is 16.4. The molecule has 2 rings (SSSR count).